The van der Waals surface area contributed by atoms with E-state index in [2.05, 4.69) is 5.32 Å². The minimum absolute atomic E-state index is 0.00676. The van der Waals surface area contributed by atoms with Gasteiger partial charge in [0.15, 0.2) is 11.5 Å². The van der Waals surface area contributed by atoms with E-state index >= 15 is 0 Å². The Hall–Kier alpha value is -3.29. The van der Waals surface area contributed by atoms with Gasteiger partial charge in [-0.3, -0.25) is 14.4 Å². The van der Waals surface area contributed by atoms with Gasteiger partial charge in [-0.2, -0.15) is 0 Å². The lowest BCUT2D eigenvalue weighted by Gasteiger charge is -2.42. The van der Waals surface area contributed by atoms with Gasteiger partial charge < -0.3 is 24.3 Å². The number of carbonyl (C=O) groups is 2. The molecule has 1 saturated heterocycles. The Morgan fingerprint density at radius 1 is 1.03 bits per heavy atom. The number of methoxy groups -OCH3 is 2. The van der Waals surface area contributed by atoms with E-state index in [0.717, 1.165) is 17.7 Å². The van der Waals surface area contributed by atoms with Crippen molar-refractivity contribution in [2.24, 2.45) is 5.92 Å². The second-order valence-corrected chi connectivity index (χ2v) is 8.46. The van der Waals surface area contributed by atoms with Gasteiger partial charge in [0.2, 0.25) is 11.8 Å². The van der Waals surface area contributed by atoms with Gasteiger partial charge in [-0.15, -0.1) is 0 Å². The Balaban J connectivity index is 1.28. The molecule has 0 aliphatic carbocycles. The van der Waals surface area contributed by atoms with E-state index in [-0.39, 0.29) is 42.1 Å². The minimum atomic E-state index is -0.165. The van der Waals surface area contributed by atoms with Crippen LogP contribution in [0.4, 0.5) is 0 Å². The number of aromatic nitrogens is 1. The quantitative estimate of drug-likeness (QED) is 0.712. The van der Waals surface area contributed by atoms with E-state index in [1.165, 1.54) is 0 Å². The lowest BCUT2D eigenvalue weighted by molar-refractivity contribution is -0.136. The highest BCUT2D eigenvalue weighted by atomic mass is 16.5. The molecule has 0 saturated carbocycles. The highest BCUT2D eigenvalue weighted by molar-refractivity contribution is 5.83. The topological polar surface area (TPSA) is 89.9 Å². The molecule has 1 aromatic carbocycles. The summed E-state index contributed by atoms with van der Waals surface area (Å²) in [5.74, 6) is 1.53. The van der Waals surface area contributed by atoms with Gasteiger partial charge in [0, 0.05) is 56.7 Å². The molecule has 0 spiro atoms. The number of amides is 2. The Kier molecular flexibility index (Phi) is 6.48. The highest BCUT2D eigenvalue weighted by Crippen LogP contribution is 2.35. The number of rotatable bonds is 7. The molecule has 0 unspecified atom stereocenters. The summed E-state index contributed by atoms with van der Waals surface area (Å²) in [5.41, 5.74) is 1.93. The molecule has 2 aliphatic heterocycles. The van der Waals surface area contributed by atoms with Gasteiger partial charge in [-0.1, -0.05) is 12.1 Å². The number of benzene rings is 1. The van der Waals surface area contributed by atoms with Gasteiger partial charge in [0.05, 0.1) is 14.2 Å². The lowest BCUT2D eigenvalue weighted by Crippen LogP contribution is -2.49. The third-order valence-electron chi connectivity index (χ3n) is 6.34. The molecule has 2 aromatic rings. The SMILES string of the molecule is COc1ccc(CNC(=O)CCC(=O)N2C[C@@H]3C[C@H](C2)c2cccc(=O)n2C3)cc1OC. The Morgan fingerprint density at radius 2 is 1.84 bits per heavy atom. The van der Waals surface area contributed by atoms with Gasteiger partial charge in [0.1, 0.15) is 0 Å². The van der Waals surface area contributed by atoms with Gasteiger partial charge in [-0.05, 0) is 36.1 Å². The number of carbonyl (C=O) groups excluding carboxylic acids is 2. The van der Waals surface area contributed by atoms with Gasteiger partial charge >= 0.3 is 0 Å². The zero-order chi connectivity index (χ0) is 22.7. The van der Waals surface area contributed by atoms with Crippen LogP contribution >= 0.6 is 0 Å². The van der Waals surface area contributed by atoms with Crippen LogP contribution in [0.2, 0.25) is 0 Å². The van der Waals surface area contributed by atoms with Crippen molar-refractivity contribution in [3.8, 4) is 11.5 Å². The molecule has 2 atom stereocenters. The molecule has 1 N–H and O–H groups in total. The van der Waals surface area contributed by atoms with E-state index in [1.54, 1.807) is 32.4 Å². The molecule has 8 nitrogen and oxygen atoms in total. The third-order valence-corrected chi connectivity index (χ3v) is 6.34. The number of hydrogen-bond donors (Lipinski definition) is 1. The first kappa shape index (κ1) is 21.9. The number of ether oxygens (including phenoxy) is 2. The summed E-state index contributed by atoms with van der Waals surface area (Å²) >= 11 is 0. The molecule has 3 heterocycles. The fourth-order valence-corrected chi connectivity index (χ4v) is 4.76. The summed E-state index contributed by atoms with van der Waals surface area (Å²) < 4.78 is 12.4. The van der Waals surface area contributed by atoms with Crippen LogP contribution in [0.3, 0.4) is 0 Å². The van der Waals surface area contributed by atoms with E-state index in [4.69, 9.17) is 9.47 Å². The largest absolute Gasteiger partial charge is 0.493 e. The molecule has 4 rings (SSSR count). The predicted octanol–water partition coefficient (Wildman–Crippen LogP) is 1.91. The normalized spacial score (nSPS) is 19.1. The number of pyridine rings is 1. The third kappa shape index (κ3) is 4.64. The van der Waals surface area contributed by atoms with Crippen LogP contribution in [0.25, 0.3) is 0 Å². The summed E-state index contributed by atoms with van der Waals surface area (Å²) in [7, 11) is 3.14. The maximum Gasteiger partial charge on any atom is 0.250 e. The molecule has 32 heavy (non-hydrogen) atoms. The Labute approximate surface area is 187 Å². The van der Waals surface area contributed by atoms with E-state index in [0.29, 0.717) is 37.7 Å². The van der Waals surface area contributed by atoms with Crippen LogP contribution in [0.1, 0.15) is 36.4 Å². The van der Waals surface area contributed by atoms with Crippen molar-refractivity contribution in [3.05, 3.63) is 58.0 Å². The molecule has 170 valence electrons. The summed E-state index contributed by atoms with van der Waals surface area (Å²) in [5, 5.41) is 2.86. The summed E-state index contributed by atoms with van der Waals surface area (Å²) in [6, 6.07) is 10.8. The summed E-state index contributed by atoms with van der Waals surface area (Å²) in [4.78, 5) is 39.1. The van der Waals surface area contributed by atoms with Crippen molar-refractivity contribution in [2.75, 3.05) is 27.3 Å². The van der Waals surface area contributed by atoms with E-state index < -0.39 is 0 Å². The van der Waals surface area contributed by atoms with Crippen molar-refractivity contribution in [1.29, 1.82) is 0 Å². The number of fused-ring (bicyclic) bond motifs is 4. The molecule has 2 amide bonds. The Morgan fingerprint density at radius 3 is 2.62 bits per heavy atom. The number of nitrogens with zero attached hydrogens (tertiary/aromatic N) is 2. The van der Waals surface area contributed by atoms with Crippen molar-refractivity contribution in [3.63, 3.8) is 0 Å². The fraction of sp³-hybridized carbons (Fsp3) is 0.458. The first-order chi connectivity index (χ1) is 15.5. The lowest BCUT2D eigenvalue weighted by atomic mass is 9.83. The van der Waals surface area contributed by atoms with Crippen LogP contribution in [-0.2, 0) is 22.7 Å². The second-order valence-electron chi connectivity index (χ2n) is 8.46. The molecule has 1 aromatic heterocycles. The molecule has 8 heteroatoms. The fourth-order valence-electron chi connectivity index (χ4n) is 4.76. The van der Waals surface area contributed by atoms with Crippen LogP contribution in [0.15, 0.2) is 41.2 Å². The van der Waals surface area contributed by atoms with Crippen LogP contribution in [0.5, 0.6) is 11.5 Å². The van der Waals surface area contributed by atoms with Gasteiger partial charge in [-0.25, -0.2) is 0 Å². The van der Waals surface area contributed by atoms with Crippen LogP contribution in [-0.4, -0.2) is 48.6 Å². The average Bonchev–Trinajstić information content (AvgIpc) is 2.81. The van der Waals surface area contributed by atoms with Gasteiger partial charge in [0.25, 0.3) is 5.56 Å². The maximum atomic E-state index is 12.8. The second kappa shape index (κ2) is 9.46. The van der Waals surface area contributed by atoms with Crippen molar-refractivity contribution < 1.29 is 19.1 Å². The molecule has 2 aliphatic rings. The number of hydrogen-bond acceptors (Lipinski definition) is 5. The van der Waals surface area contributed by atoms with E-state index in [9.17, 15) is 14.4 Å². The first-order valence-corrected chi connectivity index (χ1v) is 10.9. The zero-order valence-electron chi connectivity index (χ0n) is 18.5. The summed E-state index contributed by atoms with van der Waals surface area (Å²) in [6.07, 6.45) is 1.33. The predicted molar refractivity (Wildman–Crippen MR) is 119 cm³/mol. The molecule has 1 fully saturated rings. The van der Waals surface area contributed by atoms with Crippen LogP contribution < -0.4 is 20.3 Å². The first-order valence-electron chi connectivity index (χ1n) is 10.9. The minimum Gasteiger partial charge on any atom is -0.493 e. The molecule has 2 bridgehead atoms. The maximum absolute atomic E-state index is 12.8. The zero-order valence-corrected chi connectivity index (χ0v) is 18.5. The molecular weight excluding hydrogens is 410 g/mol. The Bertz CT molecular complexity index is 1060. The van der Waals surface area contributed by atoms with E-state index in [1.807, 2.05) is 27.7 Å². The summed E-state index contributed by atoms with van der Waals surface area (Å²) in [6.45, 7) is 2.25. The number of nitrogens with one attached hydrogen (secondary N) is 1. The van der Waals surface area contributed by atoms with Crippen molar-refractivity contribution in [2.45, 2.75) is 38.3 Å². The molecule has 0 radical (unpaired) electrons. The number of piperidine rings is 1. The molecular formula is C24H29N3O5. The highest BCUT2D eigenvalue weighted by Gasteiger charge is 2.36. The van der Waals surface area contributed by atoms with Crippen molar-refractivity contribution in [1.82, 2.24) is 14.8 Å². The van der Waals surface area contributed by atoms with Crippen LogP contribution in [0, 0.1) is 5.92 Å². The monoisotopic (exact) mass is 439 g/mol. The smallest absolute Gasteiger partial charge is 0.250 e. The number of likely N-dealkylation sites (tertiary alicyclic amines) is 1. The van der Waals surface area contributed by atoms with Crippen molar-refractivity contribution >= 4 is 11.8 Å². The standard InChI is InChI=1S/C24H29N3O5/c1-31-20-7-6-16(11-21(20)32-2)12-25-22(28)8-9-23(29)26-13-17-10-18(15-26)19-4-3-5-24(30)27(19)14-17/h3-7,11,17-18H,8-10,12-15H2,1-2H3,(H,25,28)/t17-,18+/m0/s1. The average molecular weight is 440 g/mol.